The molecule has 4 aliphatic carbocycles. The molecule has 4 bridgehead atoms. The van der Waals surface area contributed by atoms with Gasteiger partial charge >= 0.3 is 5.97 Å². The second kappa shape index (κ2) is 14.0. The van der Waals surface area contributed by atoms with Gasteiger partial charge in [0.05, 0.1) is 16.3 Å². The lowest BCUT2D eigenvalue weighted by molar-refractivity contribution is -0.305. The SMILES string of the molecule is CCCC(=O)[O-].CCc1ccc([S+](c2ccccc2)c2ccccc2)cc1.O=C(O)C12CC3CC(CC(C3)C1)C2. The summed E-state index contributed by atoms with van der Waals surface area (Å²) < 4.78 is 0. The highest BCUT2D eigenvalue weighted by atomic mass is 32.2. The Morgan fingerprint density at radius 1 is 0.750 bits per heavy atom. The molecular formula is C35H42O4S. The zero-order valence-electron chi connectivity index (χ0n) is 23.8. The van der Waals surface area contributed by atoms with E-state index in [1.807, 2.05) is 0 Å². The number of rotatable bonds is 7. The predicted molar refractivity (Wildman–Crippen MR) is 159 cm³/mol. The first kappa shape index (κ1) is 29.9. The largest absolute Gasteiger partial charge is 0.550 e. The Hall–Kier alpha value is -3.05. The minimum Gasteiger partial charge on any atom is -0.550 e. The fraction of sp³-hybridized carbons (Fsp3) is 0.429. The molecule has 0 heterocycles. The van der Waals surface area contributed by atoms with E-state index in [-0.39, 0.29) is 22.7 Å². The Balaban J connectivity index is 0.000000165. The third-order valence-corrected chi connectivity index (χ3v) is 10.7. The molecule has 4 aliphatic rings. The van der Waals surface area contributed by atoms with Crippen LogP contribution in [-0.4, -0.2) is 17.0 Å². The van der Waals surface area contributed by atoms with Gasteiger partial charge < -0.3 is 15.0 Å². The van der Waals surface area contributed by atoms with Crippen LogP contribution in [0.15, 0.2) is 99.6 Å². The van der Waals surface area contributed by atoms with Crippen molar-refractivity contribution in [2.24, 2.45) is 23.2 Å². The molecule has 5 heteroatoms. The molecule has 212 valence electrons. The van der Waals surface area contributed by atoms with E-state index in [9.17, 15) is 19.8 Å². The molecule has 0 amide bonds. The molecule has 0 saturated heterocycles. The van der Waals surface area contributed by atoms with Crippen molar-refractivity contribution in [3.05, 3.63) is 90.5 Å². The van der Waals surface area contributed by atoms with Crippen molar-refractivity contribution in [1.29, 1.82) is 0 Å². The summed E-state index contributed by atoms with van der Waals surface area (Å²) in [7, 11) is -0.0249. The lowest BCUT2D eigenvalue weighted by atomic mass is 9.49. The Bertz CT molecular complexity index is 1150. The molecule has 0 radical (unpaired) electrons. The standard InChI is InChI=1S/C20H19S.C11H16O2.C4H8O2/c1-2-17-13-15-20(16-14-17)21(18-9-5-3-6-10-18)19-11-7-4-8-12-19;12-10(13)11-4-7-1-8(5-11)3-9(2-7)6-11;1-2-3-4(5)6/h3-16H,2H2,1H3;7-9H,1-6H2,(H,12,13);2-3H2,1H3,(H,5,6)/q+1;;/p-1. The van der Waals surface area contributed by atoms with Crippen molar-refractivity contribution in [2.45, 2.75) is 86.3 Å². The minimum atomic E-state index is -0.961. The number of aryl methyl sites for hydroxylation is 1. The number of hydrogen-bond acceptors (Lipinski definition) is 3. The number of aliphatic carboxylic acids is 2. The summed E-state index contributed by atoms with van der Waals surface area (Å²) >= 11 is 0. The second-order valence-corrected chi connectivity index (χ2v) is 13.6. The van der Waals surface area contributed by atoms with E-state index in [1.165, 1.54) is 39.5 Å². The van der Waals surface area contributed by atoms with Crippen LogP contribution in [0, 0.1) is 23.2 Å². The van der Waals surface area contributed by atoms with Crippen molar-refractivity contribution in [2.75, 3.05) is 0 Å². The van der Waals surface area contributed by atoms with Gasteiger partial charge in [-0.15, -0.1) is 0 Å². The van der Waals surface area contributed by atoms with Crippen molar-refractivity contribution < 1.29 is 19.8 Å². The first-order chi connectivity index (χ1) is 19.3. The summed E-state index contributed by atoms with van der Waals surface area (Å²) in [5.41, 5.74) is 1.11. The second-order valence-electron chi connectivity index (χ2n) is 11.6. The maximum atomic E-state index is 11.3. The Kier molecular flexibility index (Phi) is 10.5. The van der Waals surface area contributed by atoms with Crippen LogP contribution in [0.2, 0.25) is 0 Å². The molecule has 7 rings (SSSR count). The third kappa shape index (κ3) is 7.57. The highest BCUT2D eigenvalue weighted by Gasteiger charge is 2.54. The summed E-state index contributed by atoms with van der Waals surface area (Å²) in [6.45, 7) is 4.00. The van der Waals surface area contributed by atoms with Gasteiger partial charge in [0.15, 0.2) is 14.7 Å². The average Bonchev–Trinajstić information content (AvgIpc) is 2.95. The van der Waals surface area contributed by atoms with Crippen LogP contribution in [0.5, 0.6) is 0 Å². The molecule has 0 aliphatic heterocycles. The van der Waals surface area contributed by atoms with E-state index in [4.69, 9.17) is 0 Å². The predicted octanol–water partition coefficient (Wildman–Crippen LogP) is 7.17. The van der Waals surface area contributed by atoms with E-state index < -0.39 is 11.9 Å². The zero-order valence-corrected chi connectivity index (χ0v) is 24.6. The minimum absolute atomic E-state index is 0.0249. The average molecular weight is 559 g/mol. The van der Waals surface area contributed by atoms with Crippen molar-refractivity contribution in [3.63, 3.8) is 0 Å². The highest BCUT2D eigenvalue weighted by Crippen LogP contribution is 2.60. The van der Waals surface area contributed by atoms with Crippen LogP contribution in [0.3, 0.4) is 0 Å². The molecule has 0 spiro atoms. The van der Waals surface area contributed by atoms with Gasteiger partial charge in [0, 0.05) is 5.97 Å². The van der Waals surface area contributed by atoms with Crippen molar-refractivity contribution in [1.82, 2.24) is 0 Å². The number of carboxylic acids is 2. The molecule has 0 aromatic heterocycles. The fourth-order valence-corrected chi connectivity index (χ4v) is 9.04. The molecule has 1 N–H and O–H groups in total. The monoisotopic (exact) mass is 558 g/mol. The molecule has 40 heavy (non-hydrogen) atoms. The molecule has 3 aromatic rings. The first-order valence-electron chi connectivity index (χ1n) is 14.7. The normalized spacial score (nSPS) is 23.9. The number of carbonyl (C=O) groups is 2. The van der Waals surface area contributed by atoms with Gasteiger partial charge in [-0.2, -0.15) is 0 Å². The summed E-state index contributed by atoms with van der Waals surface area (Å²) in [4.78, 5) is 24.9. The van der Waals surface area contributed by atoms with Crippen LogP contribution in [0.4, 0.5) is 0 Å². The Morgan fingerprint density at radius 3 is 1.50 bits per heavy atom. The van der Waals surface area contributed by atoms with Crippen LogP contribution >= 0.6 is 0 Å². The summed E-state index contributed by atoms with van der Waals surface area (Å²) in [6, 6.07) is 30.6. The van der Waals surface area contributed by atoms with Gasteiger partial charge in [-0.1, -0.05) is 68.8 Å². The number of benzene rings is 3. The van der Waals surface area contributed by atoms with E-state index in [1.54, 1.807) is 6.92 Å². The van der Waals surface area contributed by atoms with Gasteiger partial charge in [0.25, 0.3) is 0 Å². The molecule has 4 nitrogen and oxygen atoms in total. The number of carbonyl (C=O) groups excluding carboxylic acids is 1. The van der Waals surface area contributed by atoms with E-state index in [0.717, 1.165) is 43.4 Å². The van der Waals surface area contributed by atoms with Crippen molar-refractivity contribution >= 4 is 22.8 Å². The molecule has 0 atom stereocenters. The maximum absolute atomic E-state index is 11.3. The summed E-state index contributed by atoms with van der Waals surface area (Å²) in [5.74, 6) is 0.788. The summed E-state index contributed by atoms with van der Waals surface area (Å²) in [5, 5.41) is 18.8. The Morgan fingerprint density at radius 2 is 1.18 bits per heavy atom. The smallest absolute Gasteiger partial charge is 0.309 e. The maximum Gasteiger partial charge on any atom is 0.309 e. The third-order valence-electron chi connectivity index (χ3n) is 8.47. The van der Waals surface area contributed by atoms with Gasteiger partial charge in [0.1, 0.15) is 0 Å². The molecule has 4 fully saturated rings. The molecule has 0 unspecified atom stereocenters. The van der Waals surface area contributed by atoms with Gasteiger partial charge in [-0.25, -0.2) is 0 Å². The van der Waals surface area contributed by atoms with E-state index in [0.29, 0.717) is 6.42 Å². The van der Waals surface area contributed by atoms with Crippen LogP contribution in [-0.2, 0) is 26.9 Å². The van der Waals surface area contributed by atoms with Crippen molar-refractivity contribution in [3.8, 4) is 0 Å². The first-order valence-corrected chi connectivity index (χ1v) is 15.9. The topological polar surface area (TPSA) is 77.4 Å². The lowest BCUT2D eigenvalue weighted by Crippen LogP contribution is -2.49. The zero-order chi connectivity index (χ0) is 28.5. The number of carboxylic acid groups (broad SMARTS) is 2. The molecule has 3 aromatic carbocycles. The van der Waals surface area contributed by atoms with Gasteiger partial charge in [-0.3, -0.25) is 4.79 Å². The highest BCUT2D eigenvalue weighted by molar-refractivity contribution is 7.97. The van der Waals surface area contributed by atoms with Gasteiger partial charge in [0.2, 0.25) is 0 Å². The quantitative estimate of drug-likeness (QED) is 0.312. The van der Waals surface area contributed by atoms with E-state index in [2.05, 4.69) is 91.9 Å². The number of hydrogen-bond donors (Lipinski definition) is 1. The fourth-order valence-electron chi connectivity index (χ4n) is 6.96. The van der Waals surface area contributed by atoms with Gasteiger partial charge in [-0.05, 0) is 111 Å². The molecule has 4 saturated carbocycles. The summed E-state index contributed by atoms with van der Waals surface area (Å²) in [6.07, 6.45) is 8.86. The van der Waals surface area contributed by atoms with Crippen LogP contribution in [0.1, 0.15) is 70.8 Å². The Labute approximate surface area is 242 Å². The lowest BCUT2D eigenvalue weighted by Gasteiger charge is -2.54. The molecular weight excluding hydrogens is 516 g/mol. The van der Waals surface area contributed by atoms with E-state index >= 15 is 0 Å². The van der Waals surface area contributed by atoms with Crippen LogP contribution < -0.4 is 5.11 Å². The van der Waals surface area contributed by atoms with Crippen LogP contribution in [0.25, 0.3) is 0 Å².